The predicted molar refractivity (Wildman–Crippen MR) is 97.9 cm³/mol. The fourth-order valence-electron chi connectivity index (χ4n) is 2.56. The topological polar surface area (TPSA) is 63.7 Å². The lowest BCUT2D eigenvalue weighted by atomic mass is 10.2. The third-order valence-electron chi connectivity index (χ3n) is 3.85. The van der Waals surface area contributed by atoms with Crippen LogP contribution in [0.1, 0.15) is 28.1 Å². The van der Waals surface area contributed by atoms with Crippen molar-refractivity contribution < 1.29 is 17.9 Å². The Morgan fingerprint density at radius 2 is 1.88 bits per heavy atom. The van der Waals surface area contributed by atoms with Gasteiger partial charge in [-0.1, -0.05) is 29.3 Å². The molecule has 9 heteroatoms. The molecule has 0 saturated carbocycles. The normalized spacial score (nSPS) is 15.4. The molecule has 1 aromatic carbocycles. The minimum atomic E-state index is -3.66. The van der Waals surface area contributed by atoms with E-state index in [9.17, 15) is 13.2 Å². The van der Waals surface area contributed by atoms with Gasteiger partial charge in [-0.2, -0.15) is 4.31 Å². The average molecular weight is 420 g/mol. The van der Waals surface area contributed by atoms with Gasteiger partial charge in [-0.25, -0.2) is 13.2 Å². The average Bonchev–Trinajstić information content (AvgIpc) is 3.27. The van der Waals surface area contributed by atoms with Gasteiger partial charge in [-0.05, 0) is 42.0 Å². The third-order valence-corrected chi connectivity index (χ3v) is 7.55. The number of halogens is 2. The Hall–Kier alpha value is -1.12. The van der Waals surface area contributed by atoms with Gasteiger partial charge in [0.05, 0.1) is 10.0 Å². The summed E-state index contributed by atoms with van der Waals surface area (Å²) >= 11 is 12.8. The molecule has 25 heavy (non-hydrogen) atoms. The third kappa shape index (κ3) is 4.01. The van der Waals surface area contributed by atoms with Crippen molar-refractivity contribution in [3.8, 4) is 0 Å². The van der Waals surface area contributed by atoms with Crippen LogP contribution in [-0.4, -0.2) is 31.8 Å². The summed E-state index contributed by atoms with van der Waals surface area (Å²) in [5.74, 6) is -0.668. The van der Waals surface area contributed by atoms with Gasteiger partial charge in [-0.15, -0.1) is 11.3 Å². The van der Waals surface area contributed by atoms with Gasteiger partial charge in [0.2, 0.25) is 10.0 Å². The highest BCUT2D eigenvalue weighted by atomic mass is 35.5. The Morgan fingerprint density at radius 1 is 1.16 bits per heavy atom. The summed E-state index contributed by atoms with van der Waals surface area (Å²) in [7, 11) is -3.66. The van der Waals surface area contributed by atoms with Crippen LogP contribution in [0.3, 0.4) is 0 Å². The van der Waals surface area contributed by atoms with E-state index in [4.69, 9.17) is 27.9 Å². The smallest absolute Gasteiger partial charge is 0.350 e. The minimum absolute atomic E-state index is 0.0125. The Bertz CT molecular complexity index is 889. The van der Waals surface area contributed by atoms with Crippen LogP contribution in [0.15, 0.2) is 34.5 Å². The standard InChI is InChI=1S/C16H15Cl2NO4S2/c17-12-4-3-11(9-13(12)18)10-23-16(20)15-14(5-8-24-15)25(21,22)19-6-1-2-7-19/h3-5,8-9H,1-2,6-7,10H2. The summed E-state index contributed by atoms with van der Waals surface area (Å²) in [5.41, 5.74) is 0.670. The Balaban J connectivity index is 1.75. The van der Waals surface area contributed by atoms with Crippen molar-refractivity contribution in [2.24, 2.45) is 0 Å². The summed E-state index contributed by atoms with van der Waals surface area (Å²) in [6.45, 7) is 0.947. The Labute approximate surface area is 160 Å². The van der Waals surface area contributed by atoms with E-state index in [-0.39, 0.29) is 16.4 Å². The number of sulfonamides is 1. The number of thiophene rings is 1. The lowest BCUT2D eigenvalue weighted by Gasteiger charge is -2.15. The molecule has 134 valence electrons. The number of nitrogens with zero attached hydrogens (tertiary/aromatic N) is 1. The molecule has 0 atom stereocenters. The lowest BCUT2D eigenvalue weighted by molar-refractivity contribution is 0.0474. The first kappa shape index (κ1) is 18.7. The van der Waals surface area contributed by atoms with Crippen LogP contribution in [0.2, 0.25) is 10.0 Å². The van der Waals surface area contributed by atoms with Gasteiger partial charge >= 0.3 is 5.97 Å². The van der Waals surface area contributed by atoms with Crippen molar-refractivity contribution >= 4 is 50.5 Å². The number of carbonyl (C=O) groups is 1. The first-order valence-corrected chi connectivity index (χ1v) is 10.7. The van der Waals surface area contributed by atoms with Gasteiger partial charge in [0.25, 0.3) is 0 Å². The molecule has 1 saturated heterocycles. The molecule has 0 bridgehead atoms. The lowest BCUT2D eigenvalue weighted by Crippen LogP contribution is -2.28. The summed E-state index contributed by atoms with van der Waals surface area (Å²) in [6, 6.07) is 6.36. The first-order chi connectivity index (χ1) is 11.9. The second-order valence-corrected chi connectivity index (χ2v) is 9.19. The highest BCUT2D eigenvalue weighted by molar-refractivity contribution is 7.89. The zero-order valence-corrected chi connectivity index (χ0v) is 16.2. The van der Waals surface area contributed by atoms with Crippen LogP contribution in [0.25, 0.3) is 0 Å². The van der Waals surface area contributed by atoms with Crippen molar-refractivity contribution in [2.75, 3.05) is 13.1 Å². The van der Waals surface area contributed by atoms with E-state index in [0.717, 1.165) is 24.2 Å². The second kappa shape index (κ2) is 7.63. The van der Waals surface area contributed by atoms with E-state index >= 15 is 0 Å². The van der Waals surface area contributed by atoms with Crippen molar-refractivity contribution in [3.05, 3.63) is 50.1 Å². The van der Waals surface area contributed by atoms with Crippen LogP contribution in [-0.2, 0) is 21.4 Å². The Morgan fingerprint density at radius 3 is 2.56 bits per heavy atom. The molecule has 2 aromatic rings. The van der Waals surface area contributed by atoms with Crippen molar-refractivity contribution in [3.63, 3.8) is 0 Å². The van der Waals surface area contributed by atoms with Crippen LogP contribution < -0.4 is 0 Å². The van der Waals surface area contributed by atoms with Crippen molar-refractivity contribution in [1.82, 2.24) is 4.31 Å². The van der Waals surface area contributed by atoms with Gasteiger partial charge in [0.15, 0.2) is 0 Å². The number of rotatable bonds is 5. The Kier molecular flexibility index (Phi) is 5.70. The predicted octanol–water partition coefficient (Wildman–Crippen LogP) is 4.20. The summed E-state index contributed by atoms with van der Waals surface area (Å²) in [4.78, 5) is 12.5. The fraction of sp³-hybridized carbons (Fsp3) is 0.312. The highest BCUT2D eigenvalue weighted by Gasteiger charge is 2.32. The van der Waals surface area contributed by atoms with Gasteiger partial charge in [-0.3, -0.25) is 0 Å². The summed E-state index contributed by atoms with van der Waals surface area (Å²) < 4.78 is 32.0. The van der Waals surface area contributed by atoms with Crippen molar-refractivity contribution in [1.29, 1.82) is 0 Å². The quantitative estimate of drug-likeness (QED) is 0.681. The van der Waals surface area contributed by atoms with E-state index in [0.29, 0.717) is 28.7 Å². The zero-order valence-electron chi connectivity index (χ0n) is 13.1. The zero-order chi connectivity index (χ0) is 18.0. The van der Waals surface area contributed by atoms with Crippen LogP contribution in [0.4, 0.5) is 0 Å². The number of esters is 1. The molecule has 2 heterocycles. The number of carbonyl (C=O) groups excluding carboxylic acids is 1. The van der Waals surface area contributed by atoms with Gasteiger partial charge in [0, 0.05) is 13.1 Å². The number of hydrogen-bond acceptors (Lipinski definition) is 5. The maximum Gasteiger partial charge on any atom is 0.350 e. The van der Waals surface area contributed by atoms with Crippen LogP contribution in [0.5, 0.6) is 0 Å². The highest BCUT2D eigenvalue weighted by Crippen LogP contribution is 2.29. The fourth-order valence-corrected chi connectivity index (χ4v) is 5.68. The summed E-state index contributed by atoms with van der Waals surface area (Å²) in [6.07, 6.45) is 1.67. The van der Waals surface area contributed by atoms with Crippen molar-refractivity contribution in [2.45, 2.75) is 24.3 Å². The van der Waals surface area contributed by atoms with E-state index in [2.05, 4.69) is 0 Å². The molecule has 0 unspecified atom stereocenters. The molecular formula is C16H15Cl2NO4S2. The van der Waals surface area contributed by atoms with Crippen LogP contribution >= 0.6 is 34.5 Å². The maximum absolute atomic E-state index is 12.7. The molecule has 0 radical (unpaired) electrons. The van der Waals surface area contributed by atoms with Gasteiger partial charge < -0.3 is 4.74 Å². The molecule has 3 rings (SSSR count). The van der Waals surface area contributed by atoms with E-state index < -0.39 is 16.0 Å². The molecule has 5 nitrogen and oxygen atoms in total. The SMILES string of the molecule is O=C(OCc1ccc(Cl)c(Cl)c1)c1sccc1S(=O)(=O)N1CCCC1. The first-order valence-electron chi connectivity index (χ1n) is 7.58. The number of benzene rings is 1. The number of hydrogen-bond donors (Lipinski definition) is 0. The van der Waals surface area contributed by atoms with Crippen LogP contribution in [0, 0.1) is 0 Å². The van der Waals surface area contributed by atoms with E-state index in [1.54, 1.807) is 23.6 Å². The molecular weight excluding hydrogens is 405 g/mol. The molecule has 1 aromatic heterocycles. The molecule has 0 amide bonds. The largest absolute Gasteiger partial charge is 0.457 e. The maximum atomic E-state index is 12.7. The van der Waals surface area contributed by atoms with E-state index in [1.165, 1.54) is 10.4 Å². The van der Waals surface area contributed by atoms with Gasteiger partial charge in [0.1, 0.15) is 16.4 Å². The summed E-state index contributed by atoms with van der Waals surface area (Å²) in [5, 5.41) is 2.36. The minimum Gasteiger partial charge on any atom is -0.457 e. The molecule has 1 aliphatic rings. The monoisotopic (exact) mass is 419 g/mol. The molecule has 0 spiro atoms. The molecule has 0 aliphatic carbocycles. The molecule has 0 N–H and O–H groups in total. The molecule has 1 fully saturated rings. The second-order valence-electron chi connectivity index (χ2n) is 5.55. The van der Waals surface area contributed by atoms with E-state index in [1.807, 2.05) is 0 Å². The number of ether oxygens (including phenoxy) is 1. The molecule has 1 aliphatic heterocycles.